The number of hydrogen-bond acceptors (Lipinski definition) is 3. The Kier molecular flexibility index (Phi) is 6.46. The molecule has 1 atom stereocenters. The average molecular weight is 330 g/mol. The van der Waals surface area contributed by atoms with Crippen molar-refractivity contribution in [1.29, 1.82) is 0 Å². The van der Waals surface area contributed by atoms with E-state index in [-0.39, 0.29) is 24.8 Å². The van der Waals surface area contributed by atoms with E-state index in [0.29, 0.717) is 5.56 Å². The third-order valence-electron chi connectivity index (χ3n) is 3.83. The van der Waals surface area contributed by atoms with Gasteiger partial charge in [0.25, 0.3) is 0 Å². The van der Waals surface area contributed by atoms with Crippen LogP contribution in [-0.4, -0.2) is 36.1 Å². The van der Waals surface area contributed by atoms with Gasteiger partial charge in [0.15, 0.2) is 0 Å². The summed E-state index contributed by atoms with van der Waals surface area (Å²) in [5.74, 6) is -0.474. The number of para-hydroxylation sites is 1. The van der Waals surface area contributed by atoms with Gasteiger partial charge in [-0.1, -0.05) is 37.3 Å². The minimum atomic E-state index is -0.772. The number of carbonyl (C=O) groups is 1. The van der Waals surface area contributed by atoms with Crippen LogP contribution in [0, 0.1) is 5.82 Å². The molecule has 0 aliphatic carbocycles. The van der Waals surface area contributed by atoms with Gasteiger partial charge in [-0.05, 0) is 42.8 Å². The summed E-state index contributed by atoms with van der Waals surface area (Å²) in [7, 11) is 1.76. The van der Waals surface area contributed by atoms with E-state index in [1.165, 1.54) is 12.1 Å². The van der Waals surface area contributed by atoms with Crippen LogP contribution in [0.1, 0.15) is 24.2 Å². The number of hydrogen-bond donors (Lipinski definition) is 2. The molecular formula is C19H23FN2O2. The summed E-state index contributed by atoms with van der Waals surface area (Å²) in [6, 6.07) is 13.4. The zero-order chi connectivity index (χ0) is 17.5. The molecule has 0 aliphatic heterocycles. The van der Waals surface area contributed by atoms with E-state index < -0.39 is 6.10 Å². The number of rotatable bonds is 7. The number of halogens is 1. The summed E-state index contributed by atoms with van der Waals surface area (Å²) in [5, 5.41) is 13.1. The Morgan fingerprint density at radius 2 is 1.88 bits per heavy atom. The molecule has 2 aromatic rings. The van der Waals surface area contributed by atoms with Crippen LogP contribution in [0.15, 0.2) is 48.5 Å². The third-order valence-corrected chi connectivity index (χ3v) is 3.83. The number of aliphatic hydroxyl groups is 1. The molecule has 0 saturated carbocycles. The predicted octanol–water partition coefficient (Wildman–Crippen LogP) is 2.99. The van der Waals surface area contributed by atoms with Gasteiger partial charge in [-0.25, -0.2) is 4.39 Å². The second kappa shape index (κ2) is 8.57. The van der Waals surface area contributed by atoms with Crippen molar-refractivity contribution >= 4 is 11.6 Å². The molecule has 2 rings (SSSR count). The minimum Gasteiger partial charge on any atom is -0.387 e. The van der Waals surface area contributed by atoms with E-state index in [1.807, 2.05) is 31.2 Å². The predicted molar refractivity (Wildman–Crippen MR) is 93.3 cm³/mol. The van der Waals surface area contributed by atoms with E-state index in [2.05, 4.69) is 5.32 Å². The second-order valence-electron chi connectivity index (χ2n) is 5.82. The van der Waals surface area contributed by atoms with Crippen molar-refractivity contribution in [1.82, 2.24) is 4.90 Å². The molecule has 2 N–H and O–H groups in total. The van der Waals surface area contributed by atoms with Gasteiger partial charge >= 0.3 is 0 Å². The Bertz CT molecular complexity index is 673. The lowest BCUT2D eigenvalue weighted by atomic mass is 10.1. The summed E-state index contributed by atoms with van der Waals surface area (Å²) in [6.07, 6.45) is 0.0709. The molecule has 0 aliphatic rings. The summed E-state index contributed by atoms with van der Waals surface area (Å²) in [4.78, 5) is 13.9. The SMILES string of the molecule is CCc1ccccc1NC(=O)CN(C)CC(O)c1ccc(F)cc1. The maximum atomic E-state index is 12.9. The number of amides is 1. The third kappa shape index (κ3) is 5.15. The van der Waals surface area contributed by atoms with Crippen molar-refractivity contribution in [2.24, 2.45) is 0 Å². The number of benzene rings is 2. The van der Waals surface area contributed by atoms with Crippen LogP contribution in [0.5, 0.6) is 0 Å². The molecule has 0 saturated heterocycles. The maximum absolute atomic E-state index is 12.9. The highest BCUT2D eigenvalue weighted by molar-refractivity contribution is 5.92. The van der Waals surface area contributed by atoms with Crippen molar-refractivity contribution in [3.05, 3.63) is 65.5 Å². The number of likely N-dealkylation sites (N-methyl/N-ethyl adjacent to an activating group) is 1. The fraction of sp³-hybridized carbons (Fsp3) is 0.316. The van der Waals surface area contributed by atoms with E-state index in [1.54, 1.807) is 24.1 Å². The molecule has 0 spiro atoms. The van der Waals surface area contributed by atoms with E-state index in [0.717, 1.165) is 17.7 Å². The zero-order valence-corrected chi connectivity index (χ0v) is 14.0. The molecule has 0 bridgehead atoms. The van der Waals surface area contributed by atoms with Crippen LogP contribution >= 0.6 is 0 Å². The summed E-state index contributed by atoms with van der Waals surface area (Å²) in [5.41, 5.74) is 2.53. The molecular weight excluding hydrogens is 307 g/mol. The number of anilines is 1. The van der Waals surface area contributed by atoms with Crippen molar-refractivity contribution in [3.8, 4) is 0 Å². The highest BCUT2D eigenvalue weighted by Crippen LogP contribution is 2.16. The van der Waals surface area contributed by atoms with Crippen LogP contribution in [0.25, 0.3) is 0 Å². The lowest BCUT2D eigenvalue weighted by Gasteiger charge is -2.20. The quantitative estimate of drug-likeness (QED) is 0.820. The Balaban J connectivity index is 1.88. The highest BCUT2D eigenvalue weighted by atomic mass is 19.1. The highest BCUT2D eigenvalue weighted by Gasteiger charge is 2.14. The molecule has 4 nitrogen and oxygen atoms in total. The Morgan fingerprint density at radius 1 is 1.21 bits per heavy atom. The van der Waals surface area contributed by atoms with E-state index in [4.69, 9.17) is 0 Å². The summed E-state index contributed by atoms with van der Waals surface area (Å²) < 4.78 is 12.9. The van der Waals surface area contributed by atoms with Crippen LogP contribution < -0.4 is 5.32 Å². The molecule has 1 amide bonds. The molecule has 0 radical (unpaired) electrons. The fourth-order valence-corrected chi connectivity index (χ4v) is 2.54. The largest absolute Gasteiger partial charge is 0.387 e. The van der Waals surface area contributed by atoms with Gasteiger partial charge in [-0.15, -0.1) is 0 Å². The first-order valence-electron chi connectivity index (χ1n) is 7.99. The topological polar surface area (TPSA) is 52.6 Å². The van der Waals surface area contributed by atoms with Crippen LogP contribution in [0.3, 0.4) is 0 Å². The molecule has 24 heavy (non-hydrogen) atoms. The lowest BCUT2D eigenvalue weighted by Crippen LogP contribution is -2.33. The smallest absolute Gasteiger partial charge is 0.238 e. The van der Waals surface area contributed by atoms with Crippen molar-refractivity contribution < 1.29 is 14.3 Å². The zero-order valence-electron chi connectivity index (χ0n) is 14.0. The normalized spacial score (nSPS) is 12.2. The number of nitrogens with zero attached hydrogens (tertiary/aromatic N) is 1. The number of aliphatic hydroxyl groups excluding tert-OH is 1. The molecule has 0 aromatic heterocycles. The first kappa shape index (κ1) is 18.1. The van der Waals surface area contributed by atoms with Gasteiger partial charge < -0.3 is 10.4 Å². The lowest BCUT2D eigenvalue weighted by molar-refractivity contribution is -0.117. The van der Waals surface area contributed by atoms with Crippen molar-refractivity contribution in [2.75, 3.05) is 25.5 Å². The molecule has 0 fully saturated rings. The first-order chi connectivity index (χ1) is 11.5. The standard InChI is InChI=1S/C19H23FN2O2/c1-3-14-6-4-5-7-17(14)21-19(24)13-22(2)12-18(23)15-8-10-16(20)11-9-15/h4-11,18,23H,3,12-13H2,1-2H3,(H,21,24). The monoisotopic (exact) mass is 330 g/mol. The maximum Gasteiger partial charge on any atom is 0.238 e. The van der Waals surface area contributed by atoms with Crippen molar-refractivity contribution in [3.63, 3.8) is 0 Å². The van der Waals surface area contributed by atoms with E-state index in [9.17, 15) is 14.3 Å². The molecule has 128 valence electrons. The summed E-state index contributed by atoms with van der Waals surface area (Å²) in [6.45, 7) is 2.49. The van der Waals surface area contributed by atoms with Gasteiger partial charge in [0.05, 0.1) is 12.6 Å². The molecule has 5 heteroatoms. The van der Waals surface area contributed by atoms with Crippen LogP contribution in [0.2, 0.25) is 0 Å². The molecule has 0 heterocycles. The fourth-order valence-electron chi connectivity index (χ4n) is 2.54. The van der Waals surface area contributed by atoms with Gasteiger partial charge in [-0.3, -0.25) is 9.69 Å². The average Bonchev–Trinajstić information content (AvgIpc) is 2.55. The Labute approximate surface area is 141 Å². The number of aryl methyl sites for hydroxylation is 1. The second-order valence-corrected chi connectivity index (χ2v) is 5.82. The number of nitrogens with one attached hydrogen (secondary N) is 1. The minimum absolute atomic E-state index is 0.135. The Hall–Kier alpha value is -2.24. The number of carbonyl (C=O) groups excluding carboxylic acids is 1. The van der Waals surface area contributed by atoms with Gasteiger partial charge in [0.2, 0.25) is 5.91 Å². The van der Waals surface area contributed by atoms with Crippen LogP contribution in [-0.2, 0) is 11.2 Å². The first-order valence-corrected chi connectivity index (χ1v) is 7.99. The van der Waals surface area contributed by atoms with Crippen molar-refractivity contribution in [2.45, 2.75) is 19.4 Å². The summed E-state index contributed by atoms with van der Waals surface area (Å²) >= 11 is 0. The molecule has 1 unspecified atom stereocenters. The van der Waals surface area contributed by atoms with Gasteiger partial charge in [0.1, 0.15) is 5.82 Å². The van der Waals surface area contributed by atoms with Gasteiger partial charge in [0, 0.05) is 12.2 Å². The van der Waals surface area contributed by atoms with E-state index >= 15 is 0 Å². The van der Waals surface area contributed by atoms with Gasteiger partial charge in [-0.2, -0.15) is 0 Å². The van der Waals surface area contributed by atoms with Crippen LogP contribution in [0.4, 0.5) is 10.1 Å². The molecule has 2 aromatic carbocycles. The Morgan fingerprint density at radius 3 is 2.54 bits per heavy atom.